The summed E-state index contributed by atoms with van der Waals surface area (Å²) in [6.07, 6.45) is 1.08. The van der Waals surface area contributed by atoms with E-state index in [1.54, 1.807) is 32.0 Å². The average molecular weight is 467 g/mol. The molecule has 1 atom stereocenters. The zero-order valence-corrected chi connectivity index (χ0v) is 18.8. The number of esters is 1. The molecule has 10 heteroatoms. The van der Waals surface area contributed by atoms with Crippen LogP contribution in [0.2, 0.25) is 5.02 Å². The smallest absolute Gasteiger partial charge is 0.329 e. The van der Waals surface area contributed by atoms with Crippen molar-refractivity contribution < 1.29 is 27.5 Å². The lowest BCUT2D eigenvalue weighted by Gasteiger charge is -2.21. The van der Waals surface area contributed by atoms with Gasteiger partial charge in [0.25, 0.3) is 11.8 Å². The third kappa shape index (κ3) is 7.08. The molecule has 0 fully saturated rings. The van der Waals surface area contributed by atoms with E-state index in [9.17, 15) is 22.8 Å². The number of ether oxygens (including phenoxy) is 1. The van der Waals surface area contributed by atoms with Crippen LogP contribution in [0.1, 0.15) is 24.2 Å². The number of amides is 2. The Morgan fingerprint density at radius 1 is 1.03 bits per heavy atom. The van der Waals surface area contributed by atoms with Crippen LogP contribution in [0.25, 0.3) is 0 Å². The van der Waals surface area contributed by atoms with Crippen molar-refractivity contribution in [2.24, 2.45) is 5.92 Å². The molecule has 2 amide bonds. The molecule has 0 aliphatic carbocycles. The predicted molar refractivity (Wildman–Crippen MR) is 117 cm³/mol. The standard InChI is InChI=1S/C21H23ClN2O6S/c1-13(2)19(24-20(26)16-6-4-5-7-17(16)22)21(27)30-12-18(25)23-14-8-10-15(11-9-14)31(3,28)29/h4-11,13,19H,12H2,1-3H3,(H,23,25)(H,24,26)/t19-/m0/s1. The fraction of sp³-hybridized carbons (Fsp3) is 0.286. The van der Waals surface area contributed by atoms with Crippen molar-refractivity contribution in [3.8, 4) is 0 Å². The van der Waals surface area contributed by atoms with Crippen LogP contribution in [0.5, 0.6) is 0 Å². The third-order valence-electron chi connectivity index (χ3n) is 4.24. The minimum Gasteiger partial charge on any atom is -0.454 e. The Labute approximate surface area is 185 Å². The fourth-order valence-corrected chi connectivity index (χ4v) is 3.42. The summed E-state index contributed by atoms with van der Waals surface area (Å²) in [5.41, 5.74) is 0.568. The normalized spacial score (nSPS) is 12.2. The van der Waals surface area contributed by atoms with E-state index in [0.717, 1.165) is 6.26 Å². The zero-order valence-electron chi connectivity index (χ0n) is 17.2. The SMILES string of the molecule is CC(C)[C@H](NC(=O)c1ccccc1Cl)C(=O)OCC(=O)Nc1ccc(S(C)(=O)=O)cc1. The minimum atomic E-state index is -3.34. The summed E-state index contributed by atoms with van der Waals surface area (Å²) < 4.78 is 28.0. The van der Waals surface area contributed by atoms with Crippen LogP contribution >= 0.6 is 11.6 Å². The van der Waals surface area contributed by atoms with Crippen LogP contribution in [-0.4, -0.2) is 45.1 Å². The first-order valence-electron chi connectivity index (χ1n) is 9.31. The molecule has 0 bridgehead atoms. The summed E-state index contributed by atoms with van der Waals surface area (Å²) in [6, 6.07) is 11.0. The van der Waals surface area contributed by atoms with Gasteiger partial charge in [-0.3, -0.25) is 9.59 Å². The number of hydrogen-bond donors (Lipinski definition) is 2. The molecule has 2 aromatic rings. The largest absolute Gasteiger partial charge is 0.454 e. The summed E-state index contributed by atoms with van der Waals surface area (Å²) in [7, 11) is -3.34. The van der Waals surface area contributed by atoms with Crippen molar-refractivity contribution >= 4 is 44.9 Å². The lowest BCUT2D eigenvalue weighted by atomic mass is 10.0. The molecule has 166 valence electrons. The van der Waals surface area contributed by atoms with Gasteiger partial charge in [0, 0.05) is 11.9 Å². The van der Waals surface area contributed by atoms with Gasteiger partial charge in [0.15, 0.2) is 16.4 Å². The number of nitrogens with one attached hydrogen (secondary N) is 2. The van der Waals surface area contributed by atoms with Crippen molar-refractivity contribution in [3.05, 3.63) is 59.1 Å². The second-order valence-corrected chi connectivity index (χ2v) is 9.55. The molecular formula is C21H23ClN2O6S. The number of hydrogen-bond acceptors (Lipinski definition) is 6. The molecule has 0 aromatic heterocycles. The number of rotatable bonds is 8. The van der Waals surface area contributed by atoms with Crippen molar-refractivity contribution in [1.29, 1.82) is 0 Å². The van der Waals surface area contributed by atoms with Gasteiger partial charge in [0.05, 0.1) is 15.5 Å². The minimum absolute atomic E-state index is 0.117. The van der Waals surface area contributed by atoms with Gasteiger partial charge in [0.2, 0.25) is 0 Å². The van der Waals surface area contributed by atoms with Crippen molar-refractivity contribution in [2.75, 3.05) is 18.2 Å². The lowest BCUT2D eigenvalue weighted by molar-refractivity contribution is -0.150. The van der Waals surface area contributed by atoms with E-state index in [-0.39, 0.29) is 21.4 Å². The maximum Gasteiger partial charge on any atom is 0.329 e. The quantitative estimate of drug-likeness (QED) is 0.577. The Hall–Kier alpha value is -2.91. The van der Waals surface area contributed by atoms with E-state index >= 15 is 0 Å². The number of sulfone groups is 1. The van der Waals surface area contributed by atoms with E-state index in [0.29, 0.717) is 5.69 Å². The first-order chi connectivity index (χ1) is 14.5. The van der Waals surface area contributed by atoms with Gasteiger partial charge in [-0.05, 0) is 42.3 Å². The van der Waals surface area contributed by atoms with Gasteiger partial charge < -0.3 is 15.4 Å². The molecule has 0 aliphatic rings. The van der Waals surface area contributed by atoms with Gasteiger partial charge in [-0.15, -0.1) is 0 Å². The monoisotopic (exact) mass is 466 g/mol. The van der Waals surface area contributed by atoms with Crippen LogP contribution in [0.15, 0.2) is 53.4 Å². The zero-order chi connectivity index (χ0) is 23.2. The molecule has 2 N–H and O–H groups in total. The Balaban J connectivity index is 1.94. The van der Waals surface area contributed by atoms with E-state index < -0.39 is 40.3 Å². The number of halogens is 1. The second-order valence-electron chi connectivity index (χ2n) is 7.13. The Bertz CT molecular complexity index is 1070. The summed E-state index contributed by atoms with van der Waals surface area (Å²) in [4.78, 5) is 37.1. The number of carbonyl (C=O) groups excluding carboxylic acids is 3. The highest BCUT2D eigenvalue weighted by Gasteiger charge is 2.27. The molecule has 0 radical (unpaired) electrons. The van der Waals surface area contributed by atoms with Gasteiger partial charge in [-0.25, -0.2) is 13.2 Å². The van der Waals surface area contributed by atoms with Gasteiger partial charge in [-0.1, -0.05) is 37.6 Å². The first kappa shape index (κ1) is 24.4. The van der Waals surface area contributed by atoms with E-state index in [2.05, 4.69) is 10.6 Å². The molecule has 2 aromatic carbocycles. The van der Waals surface area contributed by atoms with E-state index in [1.807, 2.05) is 0 Å². The van der Waals surface area contributed by atoms with Crippen LogP contribution in [-0.2, 0) is 24.2 Å². The molecule has 0 heterocycles. The number of carbonyl (C=O) groups is 3. The van der Waals surface area contributed by atoms with E-state index in [4.69, 9.17) is 16.3 Å². The average Bonchev–Trinajstić information content (AvgIpc) is 2.70. The second kappa shape index (κ2) is 10.4. The molecular weight excluding hydrogens is 444 g/mol. The summed E-state index contributed by atoms with van der Waals surface area (Å²) in [5, 5.41) is 5.33. The van der Waals surface area contributed by atoms with Crippen LogP contribution in [0.3, 0.4) is 0 Å². The maximum absolute atomic E-state index is 12.4. The topological polar surface area (TPSA) is 119 Å². The highest BCUT2D eigenvalue weighted by molar-refractivity contribution is 7.90. The lowest BCUT2D eigenvalue weighted by Crippen LogP contribution is -2.46. The summed E-state index contributed by atoms with van der Waals surface area (Å²) >= 11 is 6.01. The Morgan fingerprint density at radius 3 is 2.19 bits per heavy atom. The maximum atomic E-state index is 12.4. The van der Waals surface area contributed by atoms with Crippen molar-refractivity contribution in [1.82, 2.24) is 5.32 Å². The van der Waals surface area contributed by atoms with Gasteiger partial charge in [0.1, 0.15) is 6.04 Å². The number of benzene rings is 2. The molecule has 0 spiro atoms. The first-order valence-corrected chi connectivity index (χ1v) is 11.6. The van der Waals surface area contributed by atoms with Crippen LogP contribution in [0.4, 0.5) is 5.69 Å². The Morgan fingerprint density at radius 2 is 1.65 bits per heavy atom. The van der Waals surface area contributed by atoms with Crippen LogP contribution < -0.4 is 10.6 Å². The highest BCUT2D eigenvalue weighted by Crippen LogP contribution is 2.16. The molecule has 0 aliphatic heterocycles. The summed E-state index contributed by atoms with van der Waals surface area (Å²) in [6.45, 7) is 2.88. The molecule has 0 saturated carbocycles. The van der Waals surface area contributed by atoms with Crippen molar-refractivity contribution in [2.45, 2.75) is 24.8 Å². The molecule has 0 saturated heterocycles. The van der Waals surface area contributed by atoms with Gasteiger partial charge >= 0.3 is 5.97 Å². The van der Waals surface area contributed by atoms with E-state index in [1.165, 1.54) is 30.3 Å². The summed E-state index contributed by atoms with van der Waals surface area (Å²) in [5.74, 6) is -2.21. The van der Waals surface area contributed by atoms with Gasteiger partial charge in [-0.2, -0.15) is 0 Å². The highest BCUT2D eigenvalue weighted by atomic mass is 35.5. The third-order valence-corrected chi connectivity index (χ3v) is 5.70. The molecule has 2 rings (SSSR count). The predicted octanol–water partition coefficient (Wildman–Crippen LogP) is 2.68. The molecule has 0 unspecified atom stereocenters. The molecule has 31 heavy (non-hydrogen) atoms. The van der Waals surface area contributed by atoms with Crippen LogP contribution in [0, 0.1) is 5.92 Å². The fourth-order valence-electron chi connectivity index (χ4n) is 2.57. The Kier molecular flexibility index (Phi) is 8.18. The number of anilines is 1. The van der Waals surface area contributed by atoms with Crippen molar-refractivity contribution in [3.63, 3.8) is 0 Å². The molecule has 8 nitrogen and oxygen atoms in total.